The van der Waals surface area contributed by atoms with E-state index in [1.165, 1.54) is 7.11 Å². The Morgan fingerprint density at radius 1 is 1.20 bits per heavy atom. The van der Waals surface area contributed by atoms with Gasteiger partial charge in [-0.3, -0.25) is 5.32 Å². The molecule has 104 valence electrons. The van der Waals surface area contributed by atoms with E-state index in [1.807, 2.05) is 55.5 Å². The first-order valence-electron chi connectivity index (χ1n) is 6.38. The summed E-state index contributed by atoms with van der Waals surface area (Å²) in [5.41, 5.74) is 9.92. The van der Waals surface area contributed by atoms with E-state index in [1.54, 1.807) is 0 Å². The van der Waals surface area contributed by atoms with Crippen LogP contribution in [0.15, 0.2) is 48.5 Å². The van der Waals surface area contributed by atoms with Crippen molar-refractivity contribution in [1.29, 1.82) is 0 Å². The van der Waals surface area contributed by atoms with E-state index >= 15 is 0 Å². The van der Waals surface area contributed by atoms with Crippen LogP contribution in [0.3, 0.4) is 0 Å². The Bertz CT molecular complexity index is 597. The zero-order valence-corrected chi connectivity index (χ0v) is 11.6. The number of nitrogens with one attached hydrogen (secondary N) is 1. The molecule has 1 unspecified atom stereocenters. The molecule has 4 nitrogen and oxygen atoms in total. The highest BCUT2D eigenvalue weighted by atomic mass is 16.5. The van der Waals surface area contributed by atoms with Crippen LogP contribution in [-0.4, -0.2) is 13.2 Å². The number of aryl methyl sites for hydroxylation is 1. The topological polar surface area (TPSA) is 64.3 Å². The number of rotatable bonds is 3. The molecule has 2 aromatic rings. The van der Waals surface area contributed by atoms with Gasteiger partial charge in [-0.15, -0.1) is 0 Å². The minimum absolute atomic E-state index is 0.303. The molecule has 0 radical (unpaired) electrons. The van der Waals surface area contributed by atoms with E-state index in [0.29, 0.717) is 5.69 Å². The summed E-state index contributed by atoms with van der Waals surface area (Å²) < 4.78 is 4.63. The van der Waals surface area contributed by atoms with Crippen LogP contribution in [0.2, 0.25) is 0 Å². The van der Waals surface area contributed by atoms with Gasteiger partial charge in [0.15, 0.2) is 0 Å². The van der Waals surface area contributed by atoms with Crippen molar-refractivity contribution in [2.45, 2.75) is 13.0 Å². The second kappa shape index (κ2) is 6.21. The average molecular weight is 270 g/mol. The Kier molecular flexibility index (Phi) is 4.38. The molecule has 0 aliphatic rings. The number of methoxy groups -OCH3 is 1. The summed E-state index contributed by atoms with van der Waals surface area (Å²) in [6.07, 6.45) is -0.504. The summed E-state index contributed by atoms with van der Waals surface area (Å²) in [5.74, 6) is 0. The maximum Gasteiger partial charge on any atom is 0.411 e. The Hall–Kier alpha value is -2.33. The number of benzene rings is 2. The van der Waals surface area contributed by atoms with Gasteiger partial charge in [-0.05, 0) is 24.1 Å². The first-order chi connectivity index (χ1) is 9.61. The highest BCUT2D eigenvalue weighted by molar-refractivity contribution is 5.86. The van der Waals surface area contributed by atoms with Crippen LogP contribution in [0.4, 0.5) is 10.5 Å². The Morgan fingerprint density at radius 3 is 2.55 bits per heavy atom. The lowest BCUT2D eigenvalue weighted by Gasteiger charge is -2.18. The van der Waals surface area contributed by atoms with E-state index in [-0.39, 0.29) is 6.04 Å². The zero-order chi connectivity index (χ0) is 14.5. The van der Waals surface area contributed by atoms with Crippen LogP contribution in [0.1, 0.15) is 22.7 Å². The number of ether oxygens (including phenoxy) is 1. The average Bonchev–Trinajstić information content (AvgIpc) is 2.49. The lowest BCUT2D eigenvalue weighted by molar-refractivity contribution is 0.187. The Balaban J connectivity index is 2.38. The first kappa shape index (κ1) is 14.1. The maximum atomic E-state index is 11.4. The van der Waals surface area contributed by atoms with E-state index in [2.05, 4.69) is 10.1 Å². The second-order valence-electron chi connectivity index (χ2n) is 4.60. The van der Waals surface area contributed by atoms with Crippen molar-refractivity contribution in [3.63, 3.8) is 0 Å². The third-order valence-electron chi connectivity index (χ3n) is 3.12. The lowest BCUT2D eigenvalue weighted by atomic mass is 9.96. The van der Waals surface area contributed by atoms with Crippen molar-refractivity contribution < 1.29 is 9.53 Å². The molecular formula is C16H18N2O2. The minimum atomic E-state index is -0.504. The van der Waals surface area contributed by atoms with Gasteiger partial charge in [0.2, 0.25) is 0 Å². The molecule has 0 saturated heterocycles. The number of anilines is 1. The summed E-state index contributed by atoms with van der Waals surface area (Å²) in [6, 6.07) is 15.2. The third-order valence-corrected chi connectivity index (χ3v) is 3.12. The van der Waals surface area contributed by atoms with Crippen LogP contribution in [0, 0.1) is 6.92 Å². The molecule has 2 rings (SSSR count). The molecule has 0 saturated carbocycles. The van der Waals surface area contributed by atoms with Gasteiger partial charge in [0.1, 0.15) is 0 Å². The van der Waals surface area contributed by atoms with Gasteiger partial charge in [-0.2, -0.15) is 0 Å². The van der Waals surface area contributed by atoms with Crippen molar-refractivity contribution >= 4 is 11.8 Å². The molecule has 0 aliphatic heterocycles. The van der Waals surface area contributed by atoms with Crippen LogP contribution in [-0.2, 0) is 4.74 Å². The fourth-order valence-electron chi connectivity index (χ4n) is 2.05. The lowest BCUT2D eigenvalue weighted by Crippen LogP contribution is -2.18. The maximum absolute atomic E-state index is 11.4. The van der Waals surface area contributed by atoms with Crippen LogP contribution in [0.5, 0.6) is 0 Å². The van der Waals surface area contributed by atoms with E-state index in [0.717, 1.165) is 16.7 Å². The molecular weight excluding hydrogens is 252 g/mol. The van der Waals surface area contributed by atoms with E-state index in [4.69, 9.17) is 5.73 Å². The predicted molar refractivity (Wildman–Crippen MR) is 79.7 cm³/mol. The van der Waals surface area contributed by atoms with Gasteiger partial charge < -0.3 is 10.5 Å². The zero-order valence-electron chi connectivity index (χ0n) is 11.6. The van der Waals surface area contributed by atoms with E-state index < -0.39 is 6.09 Å². The number of hydrogen-bond donors (Lipinski definition) is 2. The number of amides is 1. The largest absolute Gasteiger partial charge is 0.453 e. The molecule has 0 bridgehead atoms. The fraction of sp³-hybridized carbons (Fsp3) is 0.188. The summed E-state index contributed by atoms with van der Waals surface area (Å²) in [6.45, 7) is 1.99. The minimum Gasteiger partial charge on any atom is -0.453 e. The monoisotopic (exact) mass is 270 g/mol. The molecule has 0 aromatic heterocycles. The molecule has 2 aromatic carbocycles. The molecule has 3 N–H and O–H groups in total. The van der Waals surface area contributed by atoms with Crippen molar-refractivity contribution in [3.05, 3.63) is 65.2 Å². The Morgan fingerprint density at radius 2 is 1.90 bits per heavy atom. The van der Waals surface area contributed by atoms with Crippen LogP contribution < -0.4 is 11.1 Å². The number of nitrogens with two attached hydrogens (primary N) is 1. The predicted octanol–water partition coefficient (Wildman–Crippen LogP) is 3.22. The molecule has 0 fully saturated rings. The molecule has 1 amide bonds. The highest BCUT2D eigenvalue weighted by Gasteiger charge is 2.15. The molecule has 20 heavy (non-hydrogen) atoms. The second-order valence-corrected chi connectivity index (χ2v) is 4.60. The molecule has 1 atom stereocenters. The number of carbonyl (C=O) groups excluding carboxylic acids is 1. The van der Waals surface area contributed by atoms with Crippen molar-refractivity contribution in [2.24, 2.45) is 5.73 Å². The van der Waals surface area contributed by atoms with Crippen molar-refractivity contribution in [1.82, 2.24) is 0 Å². The molecule has 0 aliphatic carbocycles. The number of carbonyl (C=O) groups is 1. The van der Waals surface area contributed by atoms with Gasteiger partial charge >= 0.3 is 6.09 Å². The van der Waals surface area contributed by atoms with Crippen molar-refractivity contribution in [2.75, 3.05) is 12.4 Å². The molecule has 0 heterocycles. The summed E-state index contributed by atoms with van der Waals surface area (Å²) in [5, 5.41) is 2.70. The van der Waals surface area contributed by atoms with Gasteiger partial charge in [-0.1, -0.05) is 48.0 Å². The van der Waals surface area contributed by atoms with Crippen molar-refractivity contribution in [3.8, 4) is 0 Å². The number of hydrogen-bond acceptors (Lipinski definition) is 3. The molecule has 0 spiro atoms. The van der Waals surface area contributed by atoms with Crippen LogP contribution >= 0.6 is 0 Å². The Labute approximate surface area is 118 Å². The standard InChI is InChI=1S/C16H18N2O2/c1-11-8-9-14(18-16(19)20-2)13(10-11)15(17)12-6-4-3-5-7-12/h3-10,15H,17H2,1-2H3,(H,18,19). The normalized spacial score (nSPS) is 11.8. The van der Waals surface area contributed by atoms with Gasteiger partial charge in [0, 0.05) is 5.69 Å². The quantitative estimate of drug-likeness (QED) is 0.900. The van der Waals surface area contributed by atoms with E-state index in [9.17, 15) is 4.79 Å². The van der Waals surface area contributed by atoms with Gasteiger partial charge in [-0.25, -0.2) is 4.79 Å². The summed E-state index contributed by atoms with van der Waals surface area (Å²) in [7, 11) is 1.33. The van der Waals surface area contributed by atoms with Gasteiger partial charge in [0.05, 0.1) is 13.2 Å². The molecule has 4 heteroatoms. The smallest absolute Gasteiger partial charge is 0.411 e. The highest BCUT2D eigenvalue weighted by Crippen LogP contribution is 2.27. The third kappa shape index (κ3) is 3.16. The van der Waals surface area contributed by atoms with Gasteiger partial charge in [0.25, 0.3) is 0 Å². The summed E-state index contributed by atoms with van der Waals surface area (Å²) >= 11 is 0. The SMILES string of the molecule is COC(=O)Nc1ccc(C)cc1C(N)c1ccccc1. The fourth-order valence-corrected chi connectivity index (χ4v) is 2.05. The summed E-state index contributed by atoms with van der Waals surface area (Å²) in [4.78, 5) is 11.4. The van der Waals surface area contributed by atoms with Crippen LogP contribution in [0.25, 0.3) is 0 Å². The first-order valence-corrected chi connectivity index (χ1v) is 6.38.